The van der Waals surface area contributed by atoms with Gasteiger partial charge in [-0.1, -0.05) is 12.2 Å². The first-order valence-corrected chi connectivity index (χ1v) is 10.9. The number of cyclic esters (lactones) is 1. The fourth-order valence-corrected chi connectivity index (χ4v) is 5.05. The first kappa shape index (κ1) is 21.4. The van der Waals surface area contributed by atoms with Gasteiger partial charge in [0.25, 0.3) is 5.91 Å². The summed E-state index contributed by atoms with van der Waals surface area (Å²) >= 11 is 0. The number of amides is 1. The molecule has 0 radical (unpaired) electrons. The second kappa shape index (κ2) is 7.55. The minimum absolute atomic E-state index is 0.00589. The largest absolute Gasteiger partial charge is 0.466 e. The lowest BCUT2D eigenvalue weighted by Gasteiger charge is -2.42. The van der Waals surface area contributed by atoms with Crippen LogP contribution in [0.25, 0.3) is 0 Å². The van der Waals surface area contributed by atoms with Gasteiger partial charge in [0.1, 0.15) is 0 Å². The molecule has 2 N–H and O–H groups in total. The van der Waals surface area contributed by atoms with Crippen molar-refractivity contribution in [2.75, 3.05) is 13.2 Å². The number of fused-ring (bicyclic) bond motifs is 2. The summed E-state index contributed by atoms with van der Waals surface area (Å²) < 4.78 is 10.2. The Morgan fingerprint density at radius 3 is 2.85 bits per heavy atom. The van der Waals surface area contributed by atoms with Crippen LogP contribution in [0.5, 0.6) is 0 Å². The molecule has 5 aliphatic rings. The summed E-state index contributed by atoms with van der Waals surface area (Å²) in [4.78, 5) is 51.5. The van der Waals surface area contributed by atoms with Crippen LogP contribution in [0.3, 0.4) is 0 Å². The average molecular weight is 452 g/mol. The molecule has 172 valence electrons. The Labute approximate surface area is 190 Å². The number of allylic oxidation sites excluding steroid dienone is 6. The summed E-state index contributed by atoms with van der Waals surface area (Å²) in [6.45, 7) is 2.55. The van der Waals surface area contributed by atoms with Crippen molar-refractivity contribution in [1.82, 2.24) is 10.2 Å². The third kappa shape index (κ3) is 3.26. The Morgan fingerprint density at radius 1 is 1.33 bits per heavy atom. The Morgan fingerprint density at radius 2 is 2.12 bits per heavy atom. The third-order valence-corrected chi connectivity index (χ3v) is 6.68. The molecule has 9 heteroatoms. The zero-order valence-corrected chi connectivity index (χ0v) is 18.4. The Balaban J connectivity index is 1.58. The molecule has 0 saturated carbocycles. The third-order valence-electron chi connectivity index (χ3n) is 6.68. The maximum Gasteiger partial charge on any atom is 0.343 e. The summed E-state index contributed by atoms with van der Waals surface area (Å²) in [6, 6.07) is 0. The Hall–Kier alpha value is -3.46. The van der Waals surface area contributed by atoms with E-state index in [2.05, 4.69) is 17.5 Å². The zero-order chi connectivity index (χ0) is 23.5. The van der Waals surface area contributed by atoms with Crippen LogP contribution in [-0.2, 0) is 28.7 Å². The molecule has 0 bridgehead atoms. The molecule has 9 nitrogen and oxygen atoms in total. The van der Waals surface area contributed by atoms with Crippen LogP contribution >= 0.6 is 0 Å². The van der Waals surface area contributed by atoms with Crippen LogP contribution in [0.1, 0.15) is 39.5 Å². The second-order valence-corrected chi connectivity index (χ2v) is 8.80. The molecule has 0 aromatic heterocycles. The van der Waals surface area contributed by atoms with Gasteiger partial charge >= 0.3 is 11.9 Å². The van der Waals surface area contributed by atoms with Gasteiger partial charge in [0.2, 0.25) is 0 Å². The van der Waals surface area contributed by atoms with Crippen LogP contribution in [0.15, 0.2) is 57.6 Å². The van der Waals surface area contributed by atoms with Crippen LogP contribution in [0, 0.1) is 0 Å². The maximum absolute atomic E-state index is 13.6. The molecular weight excluding hydrogens is 428 g/mol. The summed E-state index contributed by atoms with van der Waals surface area (Å²) in [5.41, 5.74) is 2.47. The highest BCUT2D eigenvalue weighted by Gasteiger charge is 2.56. The Kier molecular flexibility index (Phi) is 4.89. The van der Waals surface area contributed by atoms with Gasteiger partial charge in [-0.25, -0.2) is 4.79 Å². The molecule has 5 rings (SSSR count). The fraction of sp³-hybridized carbons (Fsp3) is 0.417. The van der Waals surface area contributed by atoms with E-state index in [1.54, 1.807) is 4.90 Å². The first-order valence-electron chi connectivity index (χ1n) is 10.9. The van der Waals surface area contributed by atoms with Gasteiger partial charge in [0.05, 0.1) is 24.4 Å². The van der Waals surface area contributed by atoms with E-state index in [0.717, 1.165) is 35.4 Å². The number of carbonyl (C=O) groups excluding carboxylic acids is 4. The number of esters is 2. The van der Waals surface area contributed by atoms with Gasteiger partial charge in [-0.3, -0.25) is 14.4 Å². The minimum Gasteiger partial charge on any atom is -0.466 e. The van der Waals surface area contributed by atoms with E-state index < -0.39 is 35.3 Å². The topological polar surface area (TPSA) is 122 Å². The van der Waals surface area contributed by atoms with E-state index >= 15 is 0 Å². The number of hydrogen-bond donors (Lipinski definition) is 2. The summed E-state index contributed by atoms with van der Waals surface area (Å²) in [6.07, 6.45) is 6.40. The molecule has 0 spiro atoms. The van der Waals surface area contributed by atoms with E-state index in [1.807, 2.05) is 6.08 Å². The van der Waals surface area contributed by atoms with Crippen molar-refractivity contribution in [1.29, 1.82) is 0 Å². The zero-order valence-electron chi connectivity index (χ0n) is 18.4. The van der Waals surface area contributed by atoms with Crippen LogP contribution < -0.4 is 5.32 Å². The quantitative estimate of drug-likeness (QED) is 0.608. The number of aliphatic hydroxyl groups is 1. The van der Waals surface area contributed by atoms with Crippen LogP contribution in [0.4, 0.5) is 0 Å². The van der Waals surface area contributed by atoms with Crippen molar-refractivity contribution in [3.05, 3.63) is 57.6 Å². The molecule has 0 fully saturated rings. The molecule has 2 atom stereocenters. The SMILES string of the molecule is CC(=O)OCC[C@@]1(O)C(=O)OC(C(C)=O)C2=C1CC1=C3NC4=C(C=CCC4)C=C3CN1C2=O. The van der Waals surface area contributed by atoms with Gasteiger partial charge in [0, 0.05) is 31.2 Å². The number of ketones is 1. The van der Waals surface area contributed by atoms with Gasteiger partial charge in [0.15, 0.2) is 17.5 Å². The minimum atomic E-state index is -2.18. The average Bonchev–Trinajstić information content (AvgIpc) is 3.12. The lowest BCUT2D eigenvalue weighted by Crippen LogP contribution is -2.55. The molecule has 0 aromatic rings. The molecule has 1 aliphatic carbocycles. The van der Waals surface area contributed by atoms with E-state index in [0.29, 0.717) is 12.2 Å². The predicted octanol–water partition coefficient (Wildman–Crippen LogP) is 1.07. The van der Waals surface area contributed by atoms with Gasteiger partial charge < -0.3 is 24.8 Å². The van der Waals surface area contributed by atoms with Crippen molar-refractivity contribution < 1.29 is 33.8 Å². The molecule has 33 heavy (non-hydrogen) atoms. The molecule has 4 aliphatic heterocycles. The highest BCUT2D eigenvalue weighted by Crippen LogP contribution is 2.46. The maximum atomic E-state index is 13.6. The van der Waals surface area contributed by atoms with Crippen molar-refractivity contribution in [3.63, 3.8) is 0 Å². The summed E-state index contributed by atoms with van der Waals surface area (Å²) in [5, 5.41) is 14.8. The first-order chi connectivity index (χ1) is 15.7. The highest BCUT2D eigenvalue weighted by molar-refractivity contribution is 6.08. The number of dihydropyridines is 1. The normalized spacial score (nSPS) is 27.9. The van der Waals surface area contributed by atoms with Crippen molar-refractivity contribution in [2.45, 2.75) is 51.2 Å². The van der Waals surface area contributed by atoms with Gasteiger partial charge in [-0.15, -0.1) is 0 Å². The van der Waals surface area contributed by atoms with E-state index in [1.165, 1.54) is 13.8 Å². The lowest BCUT2D eigenvalue weighted by atomic mass is 9.77. The predicted molar refractivity (Wildman–Crippen MR) is 114 cm³/mol. The molecule has 0 aromatic carbocycles. The number of nitrogens with zero attached hydrogens (tertiary/aromatic N) is 1. The summed E-state index contributed by atoms with van der Waals surface area (Å²) in [7, 11) is 0. The summed E-state index contributed by atoms with van der Waals surface area (Å²) in [5.74, 6) is -2.55. The van der Waals surface area contributed by atoms with Gasteiger partial charge in [-0.2, -0.15) is 0 Å². The smallest absolute Gasteiger partial charge is 0.343 e. The van der Waals surface area contributed by atoms with E-state index in [4.69, 9.17) is 9.47 Å². The van der Waals surface area contributed by atoms with E-state index in [9.17, 15) is 24.3 Å². The van der Waals surface area contributed by atoms with Gasteiger partial charge in [-0.05, 0) is 42.6 Å². The number of Topliss-reactive ketones (excluding diaryl/α,β-unsaturated/α-hetero) is 1. The van der Waals surface area contributed by atoms with Crippen molar-refractivity contribution in [3.8, 4) is 0 Å². The number of carbonyl (C=O) groups is 4. The number of ether oxygens (including phenoxy) is 2. The molecule has 4 heterocycles. The standard InChI is InChI=1S/C24H24N2O7/c1-12(27)21-19-16(24(31,23(30)33-21)7-8-32-13(2)28)10-18-20-15(11-26(18)22(19)29)9-14-5-3-4-6-17(14)25-20/h3,5,9,21,25,31H,4,6-8,10-11H2,1-2H3/t21?,24-/m0/s1. The Bertz CT molecular complexity index is 1170. The highest BCUT2D eigenvalue weighted by atomic mass is 16.6. The lowest BCUT2D eigenvalue weighted by molar-refractivity contribution is -0.175. The molecule has 1 amide bonds. The van der Waals surface area contributed by atoms with Crippen LogP contribution in [0.2, 0.25) is 0 Å². The molecular formula is C24H24N2O7. The number of hydrogen-bond acceptors (Lipinski definition) is 8. The second-order valence-electron chi connectivity index (χ2n) is 8.80. The monoisotopic (exact) mass is 452 g/mol. The fourth-order valence-electron chi connectivity index (χ4n) is 5.05. The van der Waals surface area contributed by atoms with E-state index in [-0.39, 0.29) is 30.6 Å². The molecule has 0 saturated heterocycles. The van der Waals surface area contributed by atoms with Crippen molar-refractivity contribution in [2.24, 2.45) is 0 Å². The number of rotatable bonds is 4. The van der Waals surface area contributed by atoms with Crippen LogP contribution in [-0.4, -0.2) is 58.5 Å². The number of nitrogens with one attached hydrogen (secondary N) is 1. The van der Waals surface area contributed by atoms with Crippen molar-refractivity contribution >= 4 is 23.6 Å². The molecule has 1 unspecified atom stereocenters.